The Morgan fingerprint density at radius 1 is 0.228 bits per heavy atom. The molecule has 0 fully saturated rings. The van der Waals surface area contributed by atoms with Crippen molar-refractivity contribution in [2.75, 3.05) is 4.90 Å². The van der Waals surface area contributed by atoms with Crippen LogP contribution in [0, 0.1) is 0 Å². The van der Waals surface area contributed by atoms with Gasteiger partial charge in [-0.15, -0.1) is 0 Å². The van der Waals surface area contributed by atoms with Crippen molar-refractivity contribution in [3.63, 3.8) is 0 Å². The number of hydrogen-bond acceptors (Lipinski definition) is 1. The standard InChI is InChI=1S/C56H39N/c1-3-14-43(15-4-1)52-22-11-12-25-55(52)57(48-35-30-41(31-36-48)40-26-28-45(29-27-40)51-24-13-20-42-16-7-9-21-50(42)51)49-37-32-46(33-38-49)54-39-34-44-17-8-10-23-53(44)56(54)47-18-5-2-6-19-47/h1-39H. The van der Waals surface area contributed by atoms with Crippen molar-refractivity contribution in [1.82, 2.24) is 0 Å². The number of fused-ring (bicyclic) bond motifs is 2. The summed E-state index contributed by atoms with van der Waals surface area (Å²) in [5.41, 5.74) is 15.4. The van der Waals surface area contributed by atoms with Gasteiger partial charge in [-0.05, 0) is 102 Å². The molecule has 0 bridgehead atoms. The molecule has 57 heavy (non-hydrogen) atoms. The average Bonchev–Trinajstić information content (AvgIpc) is 3.30. The smallest absolute Gasteiger partial charge is 0.0540 e. The van der Waals surface area contributed by atoms with Gasteiger partial charge >= 0.3 is 0 Å². The van der Waals surface area contributed by atoms with Gasteiger partial charge in [-0.2, -0.15) is 0 Å². The molecule has 1 nitrogen and oxygen atoms in total. The molecule has 0 radical (unpaired) electrons. The zero-order chi connectivity index (χ0) is 38.0. The monoisotopic (exact) mass is 725 g/mol. The van der Waals surface area contributed by atoms with Gasteiger partial charge in [0, 0.05) is 16.9 Å². The summed E-state index contributed by atoms with van der Waals surface area (Å²) in [5, 5.41) is 5.03. The first-order chi connectivity index (χ1) is 28.3. The molecule has 10 aromatic rings. The van der Waals surface area contributed by atoms with Gasteiger partial charge < -0.3 is 4.90 Å². The van der Waals surface area contributed by atoms with Crippen molar-refractivity contribution >= 4 is 38.6 Å². The van der Waals surface area contributed by atoms with Crippen LogP contribution in [0.3, 0.4) is 0 Å². The van der Waals surface area contributed by atoms with E-state index in [1.807, 2.05) is 0 Å². The molecule has 0 amide bonds. The zero-order valence-corrected chi connectivity index (χ0v) is 31.5. The summed E-state index contributed by atoms with van der Waals surface area (Å²) in [5.74, 6) is 0. The van der Waals surface area contributed by atoms with Crippen molar-refractivity contribution in [3.05, 3.63) is 237 Å². The highest BCUT2D eigenvalue weighted by Gasteiger charge is 2.19. The van der Waals surface area contributed by atoms with Gasteiger partial charge in [-0.1, -0.05) is 206 Å². The molecule has 0 aliphatic rings. The van der Waals surface area contributed by atoms with Crippen molar-refractivity contribution < 1.29 is 0 Å². The molecule has 0 saturated carbocycles. The van der Waals surface area contributed by atoms with Gasteiger partial charge in [0.2, 0.25) is 0 Å². The SMILES string of the molecule is c1ccc(-c2ccccc2N(c2ccc(-c3ccc(-c4cccc5ccccc45)cc3)cc2)c2ccc(-c3ccc4ccccc4c3-c3ccccc3)cc2)cc1. The summed E-state index contributed by atoms with van der Waals surface area (Å²) in [6.45, 7) is 0. The number of benzene rings is 10. The molecule has 0 N–H and O–H groups in total. The van der Waals surface area contributed by atoms with Crippen LogP contribution in [-0.2, 0) is 0 Å². The van der Waals surface area contributed by atoms with E-state index in [-0.39, 0.29) is 0 Å². The van der Waals surface area contributed by atoms with E-state index in [4.69, 9.17) is 0 Å². The zero-order valence-electron chi connectivity index (χ0n) is 31.5. The molecule has 0 aliphatic carbocycles. The largest absolute Gasteiger partial charge is 0.310 e. The van der Waals surface area contributed by atoms with Gasteiger partial charge in [-0.3, -0.25) is 0 Å². The van der Waals surface area contributed by atoms with Crippen molar-refractivity contribution in [2.24, 2.45) is 0 Å². The van der Waals surface area contributed by atoms with Gasteiger partial charge in [0.15, 0.2) is 0 Å². The van der Waals surface area contributed by atoms with E-state index >= 15 is 0 Å². The van der Waals surface area contributed by atoms with Crippen molar-refractivity contribution in [1.29, 1.82) is 0 Å². The number of rotatable bonds is 8. The third kappa shape index (κ3) is 6.56. The Morgan fingerprint density at radius 3 is 1.35 bits per heavy atom. The molecular formula is C56H39N. The molecule has 0 aromatic heterocycles. The summed E-state index contributed by atoms with van der Waals surface area (Å²) in [7, 11) is 0. The number of nitrogens with zero attached hydrogens (tertiary/aromatic N) is 1. The highest BCUT2D eigenvalue weighted by atomic mass is 15.1. The van der Waals surface area contributed by atoms with E-state index in [1.165, 1.54) is 77.2 Å². The number of anilines is 3. The van der Waals surface area contributed by atoms with Gasteiger partial charge in [0.25, 0.3) is 0 Å². The molecule has 10 aromatic carbocycles. The maximum atomic E-state index is 2.39. The molecule has 0 heterocycles. The van der Waals surface area contributed by atoms with Crippen LogP contribution in [0.15, 0.2) is 237 Å². The molecular weight excluding hydrogens is 687 g/mol. The minimum Gasteiger partial charge on any atom is -0.310 e. The molecule has 0 unspecified atom stereocenters. The second-order valence-electron chi connectivity index (χ2n) is 14.5. The second kappa shape index (κ2) is 15.0. The highest BCUT2D eigenvalue weighted by Crippen LogP contribution is 2.43. The fourth-order valence-corrected chi connectivity index (χ4v) is 8.30. The van der Waals surface area contributed by atoms with E-state index in [0.29, 0.717) is 0 Å². The van der Waals surface area contributed by atoms with E-state index in [1.54, 1.807) is 0 Å². The summed E-state index contributed by atoms with van der Waals surface area (Å²) in [6.07, 6.45) is 0. The quantitative estimate of drug-likeness (QED) is 0.151. The topological polar surface area (TPSA) is 3.24 Å². The predicted molar refractivity (Wildman–Crippen MR) is 243 cm³/mol. The van der Waals surface area contributed by atoms with Crippen LogP contribution < -0.4 is 4.90 Å². The Morgan fingerprint density at radius 2 is 0.667 bits per heavy atom. The summed E-state index contributed by atoms with van der Waals surface area (Å²) < 4.78 is 0. The van der Waals surface area contributed by atoms with Crippen LogP contribution in [0.2, 0.25) is 0 Å². The third-order valence-electron chi connectivity index (χ3n) is 11.1. The fourth-order valence-electron chi connectivity index (χ4n) is 8.30. The average molecular weight is 726 g/mol. The third-order valence-corrected chi connectivity index (χ3v) is 11.1. The first-order valence-corrected chi connectivity index (χ1v) is 19.6. The maximum absolute atomic E-state index is 2.39. The van der Waals surface area contributed by atoms with Crippen LogP contribution in [-0.4, -0.2) is 0 Å². The van der Waals surface area contributed by atoms with Gasteiger partial charge in [-0.25, -0.2) is 0 Å². The Bertz CT molecular complexity index is 2960. The normalized spacial score (nSPS) is 11.2. The molecule has 0 aliphatic heterocycles. The van der Waals surface area contributed by atoms with E-state index in [0.717, 1.165) is 17.1 Å². The first-order valence-electron chi connectivity index (χ1n) is 19.6. The van der Waals surface area contributed by atoms with E-state index in [2.05, 4.69) is 241 Å². The lowest BCUT2D eigenvalue weighted by molar-refractivity contribution is 1.28. The van der Waals surface area contributed by atoms with Crippen LogP contribution in [0.25, 0.3) is 77.2 Å². The Balaban J connectivity index is 1.04. The van der Waals surface area contributed by atoms with Gasteiger partial charge in [0.05, 0.1) is 5.69 Å². The van der Waals surface area contributed by atoms with E-state index in [9.17, 15) is 0 Å². The molecule has 268 valence electrons. The minimum atomic E-state index is 1.09. The lowest BCUT2D eigenvalue weighted by Crippen LogP contribution is -2.11. The molecule has 0 saturated heterocycles. The molecule has 1 heteroatoms. The number of hydrogen-bond donors (Lipinski definition) is 0. The minimum absolute atomic E-state index is 1.09. The lowest BCUT2D eigenvalue weighted by Gasteiger charge is -2.28. The van der Waals surface area contributed by atoms with E-state index < -0.39 is 0 Å². The summed E-state index contributed by atoms with van der Waals surface area (Å²) in [4.78, 5) is 2.39. The summed E-state index contributed by atoms with van der Waals surface area (Å²) >= 11 is 0. The fraction of sp³-hybridized carbons (Fsp3) is 0. The Hall–Kier alpha value is -7.48. The molecule has 10 rings (SSSR count). The lowest BCUT2D eigenvalue weighted by atomic mass is 9.89. The van der Waals surface area contributed by atoms with Crippen LogP contribution in [0.5, 0.6) is 0 Å². The Labute approximate surface area is 334 Å². The van der Waals surface area contributed by atoms with Gasteiger partial charge in [0.1, 0.15) is 0 Å². The summed E-state index contributed by atoms with van der Waals surface area (Å²) in [6, 6.07) is 85.5. The van der Waals surface area contributed by atoms with Crippen LogP contribution in [0.1, 0.15) is 0 Å². The van der Waals surface area contributed by atoms with Crippen LogP contribution >= 0.6 is 0 Å². The second-order valence-corrected chi connectivity index (χ2v) is 14.5. The predicted octanol–water partition coefficient (Wildman–Crippen LogP) is 15.8. The van der Waals surface area contributed by atoms with Crippen molar-refractivity contribution in [2.45, 2.75) is 0 Å². The highest BCUT2D eigenvalue weighted by molar-refractivity contribution is 6.04. The first kappa shape index (κ1) is 34.0. The molecule has 0 spiro atoms. The number of para-hydroxylation sites is 1. The maximum Gasteiger partial charge on any atom is 0.0540 e. The Kier molecular flexibility index (Phi) is 8.95. The molecule has 0 atom stereocenters. The van der Waals surface area contributed by atoms with Crippen LogP contribution in [0.4, 0.5) is 17.1 Å². The van der Waals surface area contributed by atoms with Crippen molar-refractivity contribution in [3.8, 4) is 55.6 Å².